The fourth-order valence-electron chi connectivity index (χ4n) is 1.90. The highest BCUT2D eigenvalue weighted by Gasteiger charge is 2.18. The van der Waals surface area contributed by atoms with Gasteiger partial charge in [-0.1, -0.05) is 6.07 Å². The number of rotatable bonds is 4. The number of aromatic amines is 1. The molecule has 0 aliphatic carbocycles. The first-order valence-corrected chi connectivity index (χ1v) is 6.81. The van der Waals surface area contributed by atoms with Crippen molar-refractivity contribution < 1.29 is 14.6 Å². The Morgan fingerprint density at radius 2 is 2.21 bits per heavy atom. The molecule has 0 fully saturated rings. The number of H-pyrrole nitrogens is 1. The molecule has 5 nitrogen and oxygen atoms in total. The van der Waals surface area contributed by atoms with E-state index in [0.717, 1.165) is 21.8 Å². The molecule has 19 heavy (non-hydrogen) atoms. The van der Waals surface area contributed by atoms with E-state index in [1.807, 2.05) is 25.3 Å². The normalized spacial score (nSPS) is 10.5. The lowest BCUT2D eigenvalue weighted by Crippen LogP contribution is -1.95. The van der Waals surface area contributed by atoms with Crippen LogP contribution in [0.4, 0.5) is 0 Å². The summed E-state index contributed by atoms with van der Waals surface area (Å²) in [6.45, 7) is 1.94. The molecule has 1 heterocycles. The van der Waals surface area contributed by atoms with E-state index < -0.39 is 5.97 Å². The zero-order valence-corrected chi connectivity index (χ0v) is 11.7. The average Bonchev–Trinajstić information content (AvgIpc) is 2.87. The molecule has 2 aromatic rings. The Kier molecular flexibility index (Phi) is 3.80. The van der Waals surface area contributed by atoms with E-state index in [-0.39, 0.29) is 5.69 Å². The molecule has 0 aliphatic rings. The number of carboxylic acid groups (broad SMARTS) is 1. The van der Waals surface area contributed by atoms with Gasteiger partial charge in [0.25, 0.3) is 0 Å². The van der Waals surface area contributed by atoms with Crippen LogP contribution in [-0.2, 0) is 0 Å². The Hall–Kier alpha value is -1.95. The number of aromatic nitrogens is 2. The van der Waals surface area contributed by atoms with Gasteiger partial charge in [0.1, 0.15) is 11.4 Å². The van der Waals surface area contributed by atoms with Crippen molar-refractivity contribution in [2.45, 2.75) is 11.8 Å². The summed E-state index contributed by atoms with van der Waals surface area (Å²) in [6.07, 6.45) is 1.96. The lowest BCUT2D eigenvalue weighted by molar-refractivity contribution is 0.0690. The molecule has 0 aliphatic heterocycles. The van der Waals surface area contributed by atoms with E-state index in [9.17, 15) is 4.79 Å². The highest BCUT2D eigenvalue weighted by molar-refractivity contribution is 7.98. The van der Waals surface area contributed by atoms with Crippen molar-refractivity contribution in [1.29, 1.82) is 0 Å². The van der Waals surface area contributed by atoms with Crippen molar-refractivity contribution in [3.63, 3.8) is 0 Å². The summed E-state index contributed by atoms with van der Waals surface area (Å²) in [7, 11) is 1.60. The summed E-state index contributed by atoms with van der Waals surface area (Å²) in [5.74, 6) is -0.314. The maximum atomic E-state index is 10.9. The van der Waals surface area contributed by atoms with E-state index in [2.05, 4.69) is 10.2 Å². The van der Waals surface area contributed by atoms with Gasteiger partial charge in [0.2, 0.25) is 0 Å². The Morgan fingerprint density at radius 3 is 2.74 bits per heavy atom. The van der Waals surface area contributed by atoms with Crippen LogP contribution in [0.25, 0.3) is 11.3 Å². The number of nitrogens with one attached hydrogen (secondary N) is 1. The van der Waals surface area contributed by atoms with E-state index >= 15 is 0 Å². The third-order valence-corrected chi connectivity index (χ3v) is 3.58. The monoisotopic (exact) mass is 278 g/mol. The topological polar surface area (TPSA) is 75.2 Å². The van der Waals surface area contributed by atoms with Gasteiger partial charge in [0.05, 0.1) is 18.4 Å². The van der Waals surface area contributed by atoms with Crippen LogP contribution in [-0.4, -0.2) is 34.6 Å². The summed E-state index contributed by atoms with van der Waals surface area (Å²) >= 11 is 1.56. The number of methoxy groups -OCH3 is 1. The Labute approximate surface area is 115 Å². The number of hydrogen-bond acceptors (Lipinski definition) is 4. The van der Waals surface area contributed by atoms with Crippen molar-refractivity contribution in [3.8, 4) is 17.0 Å². The van der Waals surface area contributed by atoms with E-state index in [1.54, 1.807) is 18.9 Å². The van der Waals surface area contributed by atoms with Gasteiger partial charge in [-0.25, -0.2) is 4.79 Å². The molecule has 6 heteroatoms. The maximum Gasteiger partial charge on any atom is 0.353 e. The third kappa shape index (κ3) is 2.44. The summed E-state index contributed by atoms with van der Waals surface area (Å²) in [5, 5.41) is 15.5. The lowest BCUT2D eigenvalue weighted by atomic mass is 10.1. The number of aryl methyl sites for hydroxylation is 1. The first-order chi connectivity index (χ1) is 9.08. The standard InChI is InChI=1S/C13H14N2O3S/c1-7-4-5-10(19-3)11(12(7)18-2)8-6-9(13(16)17)15-14-8/h4-6H,1-3H3,(H,14,15)(H,16,17). The summed E-state index contributed by atoms with van der Waals surface area (Å²) in [5.41, 5.74) is 2.43. The predicted molar refractivity (Wildman–Crippen MR) is 74.1 cm³/mol. The number of nitrogens with zero attached hydrogens (tertiary/aromatic N) is 1. The zero-order valence-electron chi connectivity index (χ0n) is 10.9. The first-order valence-electron chi connectivity index (χ1n) is 5.59. The fraction of sp³-hybridized carbons (Fsp3) is 0.231. The van der Waals surface area contributed by atoms with Gasteiger partial charge in [0, 0.05) is 4.90 Å². The minimum Gasteiger partial charge on any atom is -0.496 e. The number of ether oxygens (including phenoxy) is 1. The van der Waals surface area contributed by atoms with Crippen molar-refractivity contribution >= 4 is 17.7 Å². The quantitative estimate of drug-likeness (QED) is 0.841. The van der Waals surface area contributed by atoms with Crippen LogP contribution in [0.15, 0.2) is 23.1 Å². The number of hydrogen-bond donors (Lipinski definition) is 2. The lowest BCUT2D eigenvalue weighted by Gasteiger charge is -2.13. The molecule has 0 amide bonds. The molecular weight excluding hydrogens is 264 g/mol. The molecule has 0 atom stereocenters. The van der Waals surface area contributed by atoms with Gasteiger partial charge in [-0.15, -0.1) is 11.8 Å². The van der Waals surface area contributed by atoms with Crippen molar-refractivity contribution in [2.75, 3.05) is 13.4 Å². The molecule has 2 N–H and O–H groups in total. The SMILES string of the molecule is COc1c(C)ccc(SC)c1-c1cc(C(=O)O)[nH]n1. The van der Waals surface area contributed by atoms with Crippen LogP contribution in [0.1, 0.15) is 16.1 Å². The Morgan fingerprint density at radius 1 is 1.47 bits per heavy atom. The Bertz CT molecular complexity index is 622. The molecule has 0 saturated heterocycles. The zero-order chi connectivity index (χ0) is 14.0. The third-order valence-electron chi connectivity index (χ3n) is 2.80. The largest absolute Gasteiger partial charge is 0.496 e. The molecule has 2 rings (SSSR count). The average molecular weight is 278 g/mol. The van der Waals surface area contributed by atoms with Crippen LogP contribution in [0.2, 0.25) is 0 Å². The number of thioether (sulfide) groups is 1. The van der Waals surface area contributed by atoms with E-state index in [4.69, 9.17) is 9.84 Å². The summed E-state index contributed by atoms with van der Waals surface area (Å²) < 4.78 is 5.43. The van der Waals surface area contributed by atoms with Crippen LogP contribution < -0.4 is 4.74 Å². The van der Waals surface area contributed by atoms with Crippen molar-refractivity contribution in [3.05, 3.63) is 29.5 Å². The molecule has 100 valence electrons. The van der Waals surface area contributed by atoms with Crippen LogP contribution in [0.5, 0.6) is 5.75 Å². The van der Waals surface area contributed by atoms with Gasteiger partial charge < -0.3 is 9.84 Å². The van der Waals surface area contributed by atoms with Crippen LogP contribution in [0.3, 0.4) is 0 Å². The summed E-state index contributed by atoms with van der Waals surface area (Å²) in [4.78, 5) is 11.9. The number of aromatic carboxylic acids is 1. The molecule has 0 bridgehead atoms. The highest BCUT2D eigenvalue weighted by Crippen LogP contribution is 2.39. The van der Waals surface area contributed by atoms with E-state index in [0.29, 0.717) is 5.69 Å². The van der Waals surface area contributed by atoms with Gasteiger partial charge >= 0.3 is 5.97 Å². The molecule has 1 aromatic heterocycles. The van der Waals surface area contributed by atoms with Crippen LogP contribution >= 0.6 is 11.8 Å². The molecule has 0 spiro atoms. The summed E-state index contributed by atoms with van der Waals surface area (Å²) in [6, 6.07) is 5.46. The molecule has 0 radical (unpaired) electrons. The highest BCUT2D eigenvalue weighted by atomic mass is 32.2. The second kappa shape index (κ2) is 5.36. The molecular formula is C13H14N2O3S. The molecule has 0 saturated carbocycles. The van der Waals surface area contributed by atoms with E-state index in [1.165, 1.54) is 6.07 Å². The minimum absolute atomic E-state index is 0.0608. The van der Waals surface area contributed by atoms with Gasteiger partial charge in [-0.2, -0.15) is 5.10 Å². The maximum absolute atomic E-state index is 10.9. The Balaban J connectivity index is 2.64. The first kappa shape index (κ1) is 13.5. The smallest absolute Gasteiger partial charge is 0.353 e. The number of carboxylic acids is 1. The van der Waals surface area contributed by atoms with Gasteiger partial charge in [-0.05, 0) is 30.9 Å². The fourth-order valence-corrected chi connectivity index (χ4v) is 2.51. The van der Waals surface area contributed by atoms with Crippen molar-refractivity contribution in [2.24, 2.45) is 0 Å². The minimum atomic E-state index is -1.03. The molecule has 0 unspecified atom stereocenters. The predicted octanol–water partition coefficient (Wildman–Crippen LogP) is 2.81. The number of benzene rings is 1. The van der Waals surface area contributed by atoms with Gasteiger partial charge in [-0.3, -0.25) is 5.10 Å². The number of carbonyl (C=O) groups is 1. The second-order valence-corrected chi connectivity index (χ2v) is 4.81. The van der Waals surface area contributed by atoms with Crippen molar-refractivity contribution in [1.82, 2.24) is 10.2 Å². The van der Waals surface area contributed by atoms with Gasteiger partial charge in [0.15, 0.2) is 0 Å². The second-order valence-electron chi connectivity index (χ2n) is 3.96. The van der Waals surface area contributed by atoms with Crippen LogP contribution in [0, 0.1) is 6.92 Å². The molecule has 1 aromatic carbocycles.